The molecule has 1 N–H and O–H groups in total. The fourth-order valence-corrected chi connectivity index (χ4v) is 4.41. The minimum atomic E-state index is -4.62. The quantitative estimate of drug-likeness (QED) is 0.242. The van der Waals surface area contributed by atoms with Crippen LogP contribution in [0.3, 0.4) is 0 Å². The first-order valence-corrected chi connectivity index (χ1v) is 11.1. The second kappa shape index (κ2) is 8.22. The van der Waals surface area contributed by atoms with E-state index < -0.39 is 34.0 Å². The van der Waals surface area contributed by atoms with Gasteiger partial charge in [0.05, 0.1) is 27.9 Å². The Bertz CT molecular complexity index is 1530. The summed E-state index contributed by atoms with van der Waals surface area (Å²) in [6.45, 7) is 0. The second-order valence-electron chi connectivity index (χ2n) is 6.58. The van der Waals surface area contributed by atoms with Gasteiger partial charge in [-0.1, -0.05) is 24.0 Å². The van der Waals surface area contributed by atoms with Gasteiger partial charge < -0.3 is 0 Å². The van der Waals surface area contributed by atoms with Crippen molar-refractivity contribution in [3.8, 4) is 23.1 Å². The van der Waals surface area contributed by atoms with Gasteiger partial charge in [0.15, 0.2) is 5.65 Å². The normalized spacial score (nSPS) is 12.2. The number of rotatable bonds is 3. The van der Waals surface area contributed by atoms with Crippen LogP contribution in [0.15, 0.2) is 52.9 Å². The zero-order valence-electron chi connectivity index (χ0n) is 16.0. The molecule has 3 aromatic heterocycles. The summed E-state index contributed by atoms with van der Waals surface area (Å²) in [4.78, 5) is 4.45. The fraction of sp³-hybridized carbons (Fsp3) is 0.100. The minimum absolute atomic E-state index is 0.0228. The van der Waals surface area contributed by atoms with Crippen LogP contribution in [0.2, 0.25) is 0 Å². The zero-order valence-corrected chi connectivity index (χ0v) is 17.6. The fourth-order valence-electron chi connectivity index (χ4n) is 2.89. The molecule has 0 aliphatic rings. The number of hydrogen-bond acceptors (Lipinski definition) is 5. The topological polar surface area (TPSA) is 84.6 Å². The molecule has 13 heteroatoms. The molecule has 0 aliphatic carbocycles. The molecule has 4 aromatic rings. The number of fused-ring (bicyclic) bond motifs is 1. The van der Waals surface area contributed by atoms with Gasteiger partial charge in [0.1, 0.15) is 9.90 Å². The maximum absolute atomic E-state index is 13.7. The van der Waals surface area contributed by atoms with E-state index in [4.69, 9.17) is 4.55 Å². The molecule has 0 radical (unpaired) electrons. The molecule has 0 unspecified atom stereocenters. The predicted molar refractivity (Wildman–Crippen MR) is 108 cm³/mol. The number of benzene rings is 1. The first-order chi connectivity index (χ1) is 15.4. The van der Waals surface area contributed by atoms with Crippen LogP contribution >= 0.6 is 11.3 Å². The first kappa shape index (κ1) is 22.8. The van der Waals surface area contributed by atoms with E-state index in [0.717, 1.165) is 41.0 Å². The van der Waals surface area contributed by atoms with Crippen molar-refractivity contribution >= 4 is 27.1 Å². The molecule has 0 saturated heterocycles. The van der Waals surface area contributed by atoms with E-state index in [0.29, 0.717) is 11.3 Å². The lowest BCUT2D eigenvalue weighted by atomic mass is 10.1. The molecule has 170 valence electrons. The van der Waals surface area contributed by atoms with E-state index in [1.165, 1.54) is 12.1 Å². The SMILES string of the molecule is O=S(=O)(O)c1ccc(C#Cc2cnn3c(C(F)F)cc(-c4cccc(C(F)(F)F)c4)nc23)s1. The number of thiophene rings is 1. The Hall–Kier alpha value is -3.34. The van der Waals surface area contributed by atoms with Gasteiger partial charge in [-0.3, -0.25) is 4.55 Å². The Kier molecular flexibility index (Phi) is 5.69. The van der Waals surface area contributed by atoms with E-state index in [9.17, 15) is 30.4 Å². The summed E-state index contributed by atoms with van der Waals surface area (Å²) in [6.07, 6.45) is -6.47. The van der Waals surface area contributed by atoms with Crippen LogP contribution in [0, 0.1) is 11.8 Å². The van der Waals surface area contributed by atoms with Crippen molar-refractivity contribution in [1.29, 1.82) is 0 Å². The van der Waals surface area contributed by atoms with Crippen molar-refractivity contribution < 1.29 is 34.9 Å². The summed E-state index contributed by atoms with van der Waals surface area (Å²) in [6, 6.07) is 7.57. The van der Waals surface area contributed by atoms with E-state index in [1.807, 2.05) is 0 Å². The number of halogens is 5. The largest absolute Gasteiger partial charge is 0.416 e. The van der Waals surface area contributed by atoms with Crippen molar-refractivity contribution in [3.05, 3.63) is 70.4 Å². The molecule has 0 saturated carbocycles. The molecule has 0 fully saturated rings. The Balaban J connectivity index is 1.83. The van der Waals surface area contributed by atoms with Gasteiger partial charge in [0.2, 0.25) is 0 Å². The van der Waals surface area contributed by atoms with Crippen LogP contribution in [0.5, 0.6) is 0 Å². The molecular weight excluding hydrogens is 489 g/mol. The smallest absolute Gasteiger partial charge is 0.281 e. The third-order valence-corrected chi connectivity index (χ3v) is 6.69. The molecule has 3 heterocycles. The molecular formula is C20H10F5N3O3S2. The Morgan fingerprint density at radius 3 is 2.48 bits per heavy atom. The summed E-state index contributed by atoms with van der Waals surface area (Å²) in [5.41, 5.74) is -1.72. The Morgan fingerprint density at radius 2 is 1.85 bits per heavy atom. The highest BCUT2D eigenvalue weighted by molar-refractivity contribution is 7.88. The van der Waals surface area contributed by atoms with Gasteiger partial charge in [-0.2, -0.15) is 26.7 Å². The highest BCUT2D eigenvalue weighted by Crippen LogP contribution is 2.33. The maximum atomic E-state index is 13.7. The number of aromatic nitrogens is 3. The third-order valence-electron chi connectivity index (χ3n) is 4.36. The lowest BCUT2D eigenvalue weighted by Crippen LogP contribution is -2.06. The maximum Gasteiger partial charge on any atom is 0.416 e. The molecule has 6 nitrogen and oxygen atoms in total. The highest BCUT2D eigenvalue weighted by Gasteiger charge is 2.30. The number of nitrogens with zero attached hydrogens (tertiary/aromatic N) is 3. The lowest BCUT2D eigenvalue weighted by molar-refractivity contribution is -0.137. The third kappa shape index (κ3) is 4.72. The molecule has 0 atom stereocenters. The van der Waals surface area contributed by atoms with Crippen molar-refractivity contribution in [2.24, 2.45) is 0 Å². The average Bonchev–Trinajstić information content (AvgIpc) is 3.38. The molecule has 0 spiro atoms. The van der Waals surface area contributed by atoms with Crippen LogP contribution < -0.4 is 0 Å². The van der Waals surface area contributed by atoms with E-state index in [1.54, 1.807) is 0 Å². The monoisotopic (exact) mass is 499 g/mol. The van der Waals surface area contributed by atoms with Crippen LogP contribution in [0.1, 0.15) is 28.1 Å². The Morgan fingerprint density at radius 1 is 1.09 bits per heavy atom. The van der Waals surface area contributed by atoms with Crippen molar-refractivity contribution in [1.82, 2.24) is 14.6 Å². The van der Waals surface area contributed by atoms with Crippen molar-refractivity contribution in [2.75, 3.05) is 0 Å². The molecule has 0 amide bonds. The van der Waals surface area contributed by atoms with Gasteiger partial charge in [0, 0.05) is 5.56 Å². The zero-order chi connectivity index (χ0) is 24.0. The van der Waals surface area contributed by atoms with Crippen LogP contribution in [0.25, 0.3) is 16.9 Å². The van der Waals surface area contributed by atoms with Gasteiger partial charge in [-0.05, 0) is 30.3 Å². The molecule has 4 rings (SSSR count). The van der Waals surface area contributed by atoms with Crippen molar-refractivity contribution in [2.45, 2.75) is 16.8 Å². The molecule has 1 aromatic carbocycles. The average molecular weight is 499 g/mol. The molecule has 0 bridgehead atoms. The van der Waals surface area contributed by atoms with Gasteiger partial charge in [-0.15, -0.1) is 11.3 Å². The van der Waals surface area contributed by atoms with Crippen LogP contribution in [0.4, 0.5) is 22.0 Å². The minimum Gasteiger partial charge on any atom is -0.281 e. The molecule has 33 heavy (non-hydrogen) atoms. The van der Waals surface area contributed by atoms with E-state index >= 15 is 0 Å². The number of hydrogen-bond donors (Lipinski definition) is 1. The molecule has 0 aliphatic heterocycles. The van der Waals surface area contributed by atoms with Gasteiger partial charge >= 0.3 is 16.3 Å². The summed E-state index contributed by atoms with van der Waals surface area (Å²) in [5.74, 6) is 5.27. The van der Waals surface area contributed by atoms with E-state index in [-0.39, 0.29) is 31.6 Å². The standard InChI is InChI=1S/C20H10F5N3O3S2/c21-18(22)16-9-15(11-2-1-3-13(8-11)20(23,24)25)27-19-12(10-26-28(16)19)4-5-14-6-7-17(32-14)33(29,30)31/h1-3,6-10,18H,(H,29,30,31). The lowest BCUT2D eigenvalue weighted by Gasteiger charge is -2.10. The summed E-state index contributed by atoms with van der Waals surface area (Å²) < 4.78 is 98.4. The van der Waals surface area contributed by atoms with E-state index in [2.05, 4.69) is 21.9 Å². The highest BCUT2D eigenvalue weighted by atomic mass is 32.3. The summed E-state index contributed by atoms with van der Waals surface area (Å²) >= 11 is 0.693. The van der Waals surface area contributed by atoms with Crippen molar-refractivity contribution in [3.63, 3.8) is 0 Å². The van der Waals surface area contributed by atoms with Gasteiger partial charge in [0.25, 0.3) is 6.43 Å². The van der Waals surface area contributed by atoms with Crippen LogP contribution in [-0.4, -0.2) is 27.6 Å². The van der Waals surface area contributed by atoms with Crippen LogP contribution in [-0.2, 0) is 16.3 Å². The Labute approximate surface area is 187 Å². The number of alkyl halides is 5. The second-order valence-corrected chi connectivity index (χ2v) is 9.32. The summed E-state index contributed by atoms with van der Waals surface area (Å²) in [7, 11) is -4.40. The predicted octanol–water partition coefficient (Wildman–Crippen LogP) is 5.06. The van der Waals surface area contributed by atoms with Gasteiger partial charge in [-0.25, -0.2) is 18.3 Å². The summed E-state index contributed by atoms with van der Waals surface area (Å²) in [5, 5.41) is 3.85. The first-order valence-electron chi connectivity index (χ1n) is 8.87.